The van der Waals surface area contributed by atoms with Gasteiger partial charge in [-0.3, -0.25) is 0 Å². The Bertz CT molecular complexity index is 753. The van der Waals surface area contributed by atoms with E-state index in [4.69, 9.17) is 16.0 Å². The van der Waals surface area contributed by atoms with Crippen LogP contribution in [0.25, 0.3) is 11.0 Å². The van der Waals surface area contributed by atoms with Crippen LogP contribution in [0.3, 0.4) is 0 Å². The van der Waals surface area contributed by atoms with Crippen molar-refractivity contribution in [1.82, 2.24) is 5.32 Å². The van der Waals surface area contributed by atoms with E-state index in [1.807, 2.05) is 31.3 Å². The van der Waals surface area contributed by atoms with Crippen LogP contribution in [0.1, 0.15) is 17.4 Å². The zero-order chi connectivity index (χ0) is 14.1. The van der Waals surface area contributed by atoms with E-state index in [9.17, 15) is 0 Å². The first kappa shape index (κ1) is 13.9. The molecule has 0 aliphatic carbocycles. The molecule has 20 heavy (non-hydrogen) atoms. The van der Waals surface area contributed by atoms with Crippen LogP contribution < -0.4 is 5.32 Å². The summed E-state index contributed by atoms with van der Waals surface area (Å²) in [6.07, 6.45) is 0. The molecule has 0 aliphatic heterocycles. The van der Waals surface area contributed by atoms with Gasteiger partial charge >= 0.3 is 0 Å². The van der Waals surface area contributed by atoms with Crippen molar-refractivity contribution in [2.75, 3.05) is 7.05 Å². The summed E-state index contributed by atoms with van der Waals surface area (Å²) in [4.78, 5) is 0. The highest BCUT2D eigenvalue weighted by Gasteiger charge is 2.17. The first-order valence-electron chi connectivity index (χ1n) is 6.29. The van der Waals surface area contributed by atoms with Gasteiger partial charge in [0.05, 0.1) is 6.04 Å². The van der Waals surface area contributed by atoms with Crippen molar-refractivity contribution in [2.45, 2.75) is 6.04 Å². The van der Waals surface area contributed by atoms with Crippen LogP contribution in [-0.2, 0) is 0 Å². The number of nitrogens with one attached hydrogen (secondary N) is 1. The average Bonchev–Trinajstić information content (AvgIpc) is 2.82. The number of fused-ring (bicyclic) bond motifs is 1. The van der Waals surface area contributed by atoms with Gasteiger partial charge < -0.3 is 9.73 Å². The summed E-state index contributed by atoms with van der Waals surface area (Å²) in [6.45, 7) is 0. The Morgan fingerprint density at radius 2 is 2.00 bits per heavy atom. The van der Waals surface area contributed by atoms with Gasteiger partial charge in [-0.2, -0.15) is 0 Å². The van der Waals surface area contributed by atoms with Gasteiger partial charge in [0.1, 0.15) is 11.3 Å². The SMILES string of the molecule is CNC(c1cccc(I)c1)c1cc2cc(Cl)ccc2o1. The standard InChI is InChI=1S/C16H13ClINO/c1-19-16(10-3-2-4-13(18)8-10)15-9-11-7-12(17)5-6-14(11)20-15/h2-9,16,19H,1H3. The third kappa shape index (κ3) is 2.71. The number of furan rings is 1. The van der Waals surface area contributed by atoms with Gasteiger partial charge in [-0.15, -0.1) is 0 Å². The molecule has 3 rings (SSSR count). The monoisotopic (exact) mass is 397 g/mol. The smallest absolute Gasteiger partial charge is 0.134 e. The summed E-state index contributed by atoms with van der Waals surface area (Å²) in [5, 5.41) is 5.06. The van der Waals surface area contributed by atoms with Gasteiger partial charge in [0.15, 0.2) is 0 Å². The summed E-state index contributed by atoms with van der Waals surface area (Å²) in [5.41, 5.74) is 2.04. The van der Waals surface area contributed by atoms with Gasteiger partial charge in [-0.05, 0) is 71.6 Å². The molecular weight excluding hydrogens is 385 g/mol. The lowest BCUT2D eigenvalue weighted by atomic mass is 10.0. The molecule has 0 saturated carbocycles. The fourth-order valence-corrected chi connectivity index (χ4v) is 3.08. The Morgan fingerprint density at radius 3 is 2.75 bits per heavy atom. The maximum Gasteiger partial charge on any atom is 0.134 e. The van der Waals surface area contributed by atoms with Gasteiger partial charge in [0.2, 0.25) is 0 Å². The van der Waals surface area contributed by atoms with E-state index in [-0.39, 0.29) is 6.04 Å². The Labute approximate surface area is 136 Å². The molecule has 3 aromatic rings. The van der Waals surface area contributed by atoms with Crippen molar-refractivity contribution in [3.8, 4) is 0 Å². The van der Waals surface area contributed by atoms with Crippen molar-refractivity contribution >= 4 is 45.2 Å². The number of benzene rings is 2. The van der Waals surface area contributed by atoms with E-state index in [1.54, 1.807) is 0 Å². The van der Waals surface area contributed by atoms with Gasteiger partial charge in [0, 0.05) is 14.0 Å². The topological polar surface area (TPSA) is 25.2 Å². The van der Waals surface area contributed by atoms with Crippen molar-refractivity contribution in [3.05, 3.63) is 68.4 Å². The normalized spacial score (nSPS) is 12.8. The Kier molecular flexibility index (Phi) is 4.01. The molecule has 1 unspecified atom stereocenters. The van der Waals surface area contributed by atoms with Crippen molar-refractivity contribution < 1.29 is 4.42 Å². The van der Waals surface area contributed by atoms with E-state index in [0.29, 0.717) is 0 Å². The highest BCUT2D eigenvalue weighted by molar-refractivity contribution is 14.1. The summed E-state index contributed by atoms with van der Waals surface area (Å²) in [5.74, 6) is 0.895. The second-order valence-corrected chi connectivity index (χ2v) is 6.29. The molecular formula is C16H13ClINO. The second kappa shape index (κ2) is 5.76. The predicted octanol–water partition coefficient (Wildman–Crippen LogP) is 5.00. The zero-order valence-electron chi connectivity index (χ0n) is 10.9. The van der Waals surface area contributed by atoms with Crippen LogP contribution in [0.2, 0.25) is 5.02 Å². The van der Waals surface area contributed by atoms with Gasteiger partial charge in [-0.25, -0.2) is 0 Å². The third-order valence-corrected chi connectivity index (χ3v) is 4.16. The van der Waals surface area contributed by atoms with Crippen LogP contribution in [-0.4, -0.2) is 7.05 Å². The van der Waals surface area contributed by atoms with Crippen LogP contribution in [0.15, 0.2) is 52.9 Å². The van der Waals surface area contributed by atoms with Crippen molar-refractivity contribution in [1.29, 1.82) is 0 Å². The Morgan fingerprint density at radius 1 is 1.15 bits per heavy atom. The molecule has 0 aliphatic rings. The lowest BCUT2D eigenvalue weighted by molar-refractivity contribution is 0.491. The molecule has 1 heterocycles. The quantitative estimate of drug-likeness (QED) is 0.629. The maximum absolute atomic E-state index is 6.02. The Balaban J connectivity index is 2.07. The Hall–Kier alpha value is -1.04. The second-order valence-electron chi connectivity index (χ2n) is 4.61. The first-order valence-corrected chi connectivity index (χ1v) is 7.75. The number of rotatable bonds is 3. The fraction of sp³-hybridized carbons (Fsp3) is 0.125. The average molecular weight is 398 g/mol. The van der Waals surface area contributed by atoms with E-state index < -0.39 is 0 Å². The van der Waals surface area contributed by atoms with Crippen molar-refractivity contribution in [3.63, 3.8) is 0 Å². The van der Waals surface area contributed by atoms with E-state index in [2.05, 4.69) is 52.2 Å². The molecule has 2 aromatic carbocycles. The molecule has 1 aromatic heterocycles. The molecule has 102 valence electrons. The lowest BCUT2D eigenvalue weighted by Gasteiger charge is -2.14. The van der Waals surface area contributed by atoms with Crippen LogP contribution >= 0.6 is 34.2 Å². The van der Waals surface area contributed by atoms with Crippen LogP contribution in [0.4, 0.5) is 0 Å². The summed E-state index contributed by atoms with van der Waals surface area (Å²) in [6, 6.07) is 16.1. The number of hydrogen-bond donors (Lipinski definition) is 1. The molecule has 4 heteroatoms. The maximum atomic E-state index is 6.02. The number of hydrogen-bond acceptors (Lipinski definition) is 2. The summed E-state index contributed by atoms with van der Waals surface area (Å²) in [7, 11) is 1.94. The molecule has 0 saturated heterocycles. The van der Waals surface area contributed by atoms with Crippen LogP contribution in [0.5, 0.6) is 0 Å². The molecule has 1 atom stereocenters. The molecule has 0 fully saturated rings. The highest BCUT2D eigenvalue weighted by Crippen LogP contribution is 2.30. The first-order chi connectivity index (χ1) is 9.67. The highest BCUT2D eigenvalue weighted by atomic mass is 127. The summed E-state index contributed by atoms with van der Waals surface area (Å²) >= 11 is 8.34. The van der Waals surface area contributed by atoms with Gasteiger partial charge in [-0.1, -0.05) is 23.7 Å². The molecule has 0 amide bonds. The minimum Gasteiger partial charge on any atom is -0.459 e. The minimum absolute atomic E-state index is 0.0379. The molecule has 0 radical (unpaired) electrons. The van der Waals surface area contributed by atoms with Crippen molar-refractivity contribution in [2.24, 2.45) is 0 Å². The minimum atomic E-state index is 0.0379. The molecule has 1 N–H and O–H groups in total. The van der Waals surface area contributed by atoms with Gasteiger partial charge in [0.25, 0.3) is 0 Å². The number of halogens is 2. The molecule has 0 spiro atoms. The van der Waals surface area contributed by atoms with Crippen LogP contribution in [0, 0.1) is 3.57 Å². The fourth-order valence-electron chi connectivity index (χ4n) is 2.34. The molecule has 0 bridgehead atoms. The predicted molar refractivity (Wildman–Crippen MR) is 91.3 cm³/mol. The van der Waals surface area contributed by atoms with E-state index >= 15 is 0 Å². The summed E-state index contributed by atoms with van der Waals surface area (Å²) < 4.78 is 7.15. The lowest BCUT2D eigenvalue weighted by Crippen LogP contribution is -2.16. The van der Waals surface area contributed by atoms with E-state index in [0.717, 1.165) is 21.8 Å². The zero-order valence-corrected chi connectivity index (χ0v) is 13.8. The third-order valence-electron chi connectivity index (χ3n) is 3.25. The molecule has 2 nitrogen and oxygen atoms in total. The largest absolute Gasteiger partial charge is 0.459 e. The van der Waals surface area contributed by atoms with E-state index in [1.165, 1.54) is 9.13 Å².